The number of hydrogen-bond donors (Lipinski definition) is 1. The van der Waals surface area contributed by atoms with Crippen LogP contribution in [-0.2, 0) is 4.79 Å². The summed E-state index contributed by atoms with van der Waals surface area (Å²) in [5.74, 6) is 1.05. The molecule has 0 unspecified atom stereocenters. The first-order chi connectivity index (χ1) is 13.2. The topological polar surface area (TPSA) is 78.4 Å². The lowest BCUT2D eigenvalue weighted by atomic mass is 10.1. The highest BCUT2D eigenvalue weighted by Gasteiger charge is 2.08. The zero-order chi connectivity index (χ0) is 19.1. The van der Waals surface area contributed by atoms with E-state index < -0.39 is 0 Å². The van der Waals surface area contributed by atoms with Crippen molar-refractivity contribution in [2.24, 2.45) is 5.10 Å². The molecule has 1 N–H and O–H groups in total. The Morgan fingerprint density at radius 2 is 1.96 bits per heavy atom. The molecule has 5 nitrogen and oxygen atoms in total. The van der Waals surface area contributed by atoms with Crippen LogP contribution in [0.2, 0.25) is 5.02 Å². The van der Waals surface area contributed by atoms with Gasteiger partial charge < -0.3 is 4.42 Å². The maximum absolute atomic E-state index is 11.8. The number of thioether (sulfide) groups is 1. The van der Waals surface area contributed by atoms with Gasteiger partial charge in [-0.05, 0) is 48.5 Å². The summed E-state index contributed by atoms with van der Waals surface area (Å²) in [4.78, 5) is 12.8. The molecule has 0 aliphatic rings. The number of carbonyl (C=O) groups excluding carboxylic acids is 1. The summed E-state index contributed by atoms with van der Waals surface area (Å²) in [6, 6.07) is 20.1. The Kier molecular flexibility index (Phi) is 6.31. The van der Waals surface area contributed by atoms with Crippen LogP contribution in [-0.4, -0.2) is 17.9 Å². The van der Waals surface area contributed by atoms with Crippen LogP contribution in [0.5, 0.6) is 0 Å². The molecule has 27 heavy (non-hydrogen) atoms. The third kappa shape index (κ3) is 5.23. The van der Waals surface area contributed by atoms with Crippen LogP contribution in [0.25, 0.3) is 11.3 Å². The molecule has 0 saturated heterocycles. The zero-order valence-electron chi connectivity index (χ0n) is 14.1. The molecule has 0 bridgehead atoms. The molecule has 0 saturated carbocycles. The van der Waals surface area contributed by atoms with Crippen molar-refractivity contribution in [2.75, 3.05) is 5.75 Å². The minimum Gasteiger partial charge on any atom is -0.455 e. The number of nitrogens with one attached hydrogen (secondary N) is 1. The van der Waals surface area contributed by atoms with Crippen molar-refractivity contribution in [3.8, 4) is 17.4 Å². The molecule has 3 rings (SSSR count). The number of amides is 1. The van der Waals surface area contributed by atoms with E-state index in [1.807, 2.05) is 24.3 Å². The van der Waals surface area contributed by atoms with E-state index in [2.05, 4.69) is 16.6 Å². The average Bonchev–Trinajstić information content (AvgIpc) is 3.16. The van der Waals surface area contributed by atoms with Crippen LogP contribution in [0.4, 0.5) is 0 Å². The monoisotopic (exact) mass is 395 g/mol. The van der Waals surface area contributed by atoms with Crippen molar-refractivity contribution in [1.29, 1.82) is 5.26 Å². The molecule has 1 amide bonds. The van der Waals surface area contributed by atoms with E-state index in [9.17, 15) is 4.79 Å². The number of rotatable bonds is 6. The molecule has 0 aliphatic heterocycles. The summed E-state index contributed by atoms with van der Waals surface area (Å²) in [5, 5.41) is 13.7. The summed E-state index contributed by atoms with van der Waals surface area (Å²) in [7, 11) is 0. The van der Waals surface area contributed by atoms with Crippen LogP contribution < -0.4 is 5.43 Å². The van der Waals surface area contributed by atoms with Gasteiger partial charge in [0.2, 0.25) is 5.91 Å². The van der Waals surface area contributed by atoms with Gasteiger partial charge in [0.15, 0.2) is 0 Å². The SMILES string of the molecule is N#Cc1ccccc1-c1ccc(/C=N\NC(=O)CSc2ccc(Cl)cc2)o1. The van der Waals surface area contributed by atoms with Gasteiger partial charge in [0.1, 0.15) is 11.5 Å². The van der Waals surface area contributed by atoms with Crippen LogP contribution in [0.3, 0.4) is 0 Å². The quantitative estimate of drug-likeness (QED) is 0.372. The maximum atomic E-state index is 11.8. The van der Waals surface area contributed by atoms with E-state index in [-0.39, 0.29) is 11.7 Å². The van der Waals surface area contributed by atoms with Gasteiger partial charge in [-0.15, -0.1) is 11.8 Å². The Hall–Kier alpha value is -3.01. The summed E-state index contributed by atoms with van der Waals surface area (Å²) >= 11 is 7.22. The van der Waals surface area contributed by atoms with Gasteiger partial charge in [0, 0.05) is 15.5 Å². The summed E-state index contributed by atoms with van der Waals surface area (Å²) in [5.41, 5.74) is 3.70. The van der Waals surface area contributed by atoms with Crippen molar-refractivity contribution in [2.45, 2.75) is 4.90 Å². The number of nitriles is 1. The predicted molar refractivity (Wildman–Crippen MR) is 107 cm³/mol. The van der Waals surface area contributed by atoms with Gasteiger partial charge in [-0.1, -0.05) is 23.7 Å². The van der Waals surface area contributed by atoms with E-state index in [4.69, 9.17) is 21.3 Å². The van der Waals surface area contributed by atoms with Crippen molar-refractivity contribution >= 4 is 35.5 Å². The van der Waals surface area contributed by atoms with Gasteiger partial charge in [-0.25, -0.2) is 5.43 Å². The molecule has 7 heteroatoms. The van der Waals surface area contributed by atoms with Gasteiger partial charge in [0.25, 0.3) is 0 Å². The molecular formula is C20H14ClN3O2S. The van der Waals surface area contributed by atoms with Gasteiger partial charge >= 0.3 is 0 Å². The highest BCUT2D eigenvalue weighted by molar-refractivity contribution is 8.00. The molecule has 0 spiro atoms. The number of hydrazone groups is 1. The summed E-state index contributed by atoms with van der Waals surface area (Å²) in [6.07, 6.45) is 1.42. The van der Waals surface area contributed by atoms with Crippen molar-refractivity contribution in [1.82, 2.24) is 5.43 Å². The highest BCUT2D eigenvalue weighted by atomic mass is 35.5. The summed E-state index contributed by atoms with van der Waals surface area (Å²) in [6.45, 7) is 0. The van der Waals surface area contributed by atoms with E-state index in [0.29, 0.717) is 27.7 Å². The first-order valence-electron chi connectivity index (χ1n) is 7.95. The van der Waals surface area contributed by atoms with Crippen LogP contribution >= 0.6 is 23.4 Å². The van der Waals surface area contributed by atoms with Crippen molar-refractivity contribution in [3.05, 3.63) is 77.0 Å². The minimum atomic E-state index is -0.229. The maximum Gasteiger partial charge on any atom is 0.250 e. The molecule has 0 fully saturated rings. The second-order valence-electron chi connectivity index (χ2n) is 5.40. The summed E-state index contributed by atoms with van der Waals surface area (Å²) < 4.78 is 5.67. The molecule has 0 atom stereocenters. The van der Waals surface area contributed by atoms with E-state index >= 15 is 0 Å². The van der Waals surface area contributed by atoms with Gasteiger partial charge in [0.05, 0.1) is 23.6 Å². The molecule has 134 valence electrons. The Morgan fingerprint density at radius 3 is 2.74 bits per heavy atom. The fraction of sp³-hybridized carbons (Fsp3) is 0.0500. The molecule has 2 aromatic carbocycles. The normalized spacial score (nSPS) is 10.7. The number of benzene rings is 2. The smallest absolute Gasteiger partial charge is 0.250 e. The largest absolute Gasteiger partial charge is 0.455 e. The number of halogens is 1. The van der Waals surface area contributed by atoms with Crippen LogP contribution in [0, 0.1) is 11.3 Å². The fourth-order valence-electron chi connectivity index (χ4n) is 2.24. The third-order valence-corrected chi connectivity index (χ3v) is 4.77. The number of carbonyl (C=O) groups is 1. The Balaban J connectivity index is 1.54. The number of hydrogen-bond acceptors (Lipinski definition) is 5. The second-order valence-corrected chi connectivity index (χ2v) is 6.88. The molecule has 0 radical (unpaired) electrons. The Morgan fingerprint density at radius 1 is 1.19 bits per heavy atom. The average molecular weight is 396 g/mol. The standard InChI is InChI=1S/C20H14ClN3O2S/c21-15-5-8-17(9-6-15)27-13-20(25)24-23-12-16-7-10-19(26-16)18-4-2-1-3-14(18)11-22/h1-10,12H,13H2,(H,24,25)/b23-12-. The van der Waals surface area contributed by atoms with Gasteiger partial charge in [-0.2, -0.15) is 10.4 Å². The van der Waals surface area contributed by atoms with E-state index in [1.165, 1.54) is 18.0 Å². The lowest BCUT2D eigenvalue weighted by molar-refractivity contribution is -0.118. The highest BCUT2D eigenvalue weighted by Crippen LogP contribution is 2.25. The fourth-order valence-corrected chi connectivity index (χ4v) is 3.06. The molecule has 3 aromatic rings. The molecule has 1 aromatic heterocycles. The third-order valence-electron chi connectivity index (χ3n) is 3.50. The molecular weight excluding hydrogens is 382 g/mol. The predicted octanol–water partition coefficient (Wildman–Crippen LogP) is 4.71. The lowest BCUT2D eigenvalue weighted by Crippen LogP contribution is -2.19. The van der Waals surface area contributed by atoms with Crippen LogP contribution in [0.15, 0.2) is 75.1 Å². The Labute approximate surface area is 165 Å². The van der Waals surface area contributed by atoms with Crippen LogP contribution in [0.1, 0.15) is 11.3 Å². The van der Waals surface area contributed by atoms with E-state index in [1.54, 1.807) is 36.4 Å². The minimum absolute atomic E-state index is 0.229. The number of nitrogens with zero attached hydrogens (tertiary/aromatic N) is 2. The second kappa shape index (κ2) is 9.08. The van der Waals surface area contributed by atoms with E-state index in [0.717, 1.165) is 4.90 Å². The molecule has 1 heterocycles. The Bertz CT molecular complexity index is 1010. The molecule has 0 aliphatic carbocycles. The first kappa shape index (κ1) is 18.8. The van der Waals surface area contributed by atoms with Gasteiger partial charge in [-0.3, -0.25) is 4.79 Å². The first-order valence-corrected chi connectivity index (χ1v) is 9.31. The number of furan rings is 1. The van der Waals surface area contributed by atoms with Crippen molar-refractivity contribution < 1.29 is 9.21 Å². The van der Waals surface area contributed by atoms with Crippen molar-refractivity contribution in [3.63, 3.8) is 0 Å². The lowest BCUT2D eigenvalue weighted by Gasteiger charge is -2.01. The zero-order valence-corrected chi connectivity index (χ0v) is 15.6.